The summed E-state index contributed by atoms with van der Waals surface area (Å²) in [6.45, 7) is 4.40. The Kier molecular flexibility index (Phi) is 4.81. The third-order valence-electron chi connectivity index (χ3n) is 3.06. The molecule has 2 aromatic rings. The van der Waals surface area contributed by atoms with Crippen LogP contribution in [0.1, 0.15) is 31.0 Å². The zero-order chi connectivity index (χ0) is 13.0. The summed E-state index contributed by atoms with van der Waals surface area (Å²) in [5.74, 6) is 0. The molecular weight excluding hydrogens is 262 g/mol. The molecule has 0 bridgehead atoms. The minimum absolute atomic E-state index is 0.383. The van der Waals surface area contributed by atoms with Gasteiger partial charge in [-0.25, -0.2) is 0 Å². The Labute approximate surface area is 118 Å². The highest BCUT2D eigenvalue weighted by Gasteiger charge is 2.11. The van der Waals surface area contributed by atoms with Gasteiger partial charge in [0.05, 0.1) is 0 Å². The Morgan fingerprint density at radius 3 is 2.67 bits per heavy atom. The zero-order valence-electron chi connectivity index (χ0n) is 10.7. The molecular formula is C15H18ClNS. The first-order valence-electron chi connectivity index (χ1n) is 6.18. The minimum Gasteiger partial charge on any atom is -0.307 e. The van der Waals surface area contributed by atoms with Crippen molar-refractivity contribution < 1.29 is 0 Å². The molecule has 1 nitrogen and oxygen atoms in total. The second-order valence-electron chi connectivity index (χ2n) is 4.64. The molecule has 0 amide bonds. The summed E-state index contributed by atoms with van der Waals surface area (Å²) in [6.07, 6.45) is 0.953. The minimum atomic E-state index is 0.383. The van der Waals surface area contributed by atoms with Crippen molar-refractivity contribution in [2.45, 2.75) is 32.4 Å². The Balaban J connectivity index is 1.93. The second kappa shape index (κ2) is 6.37. The van der Waals surface area contributed by atoms with Gasteiger partial charge in [0, 0.05) is 17.1 Å². The predicted octanol–water partition coefficient (Wildman–Crippen LogP) is 4.68. The molecule has 96 valence electrons. The van der Waals surface area contributed by atoms with Crippen molar-refractivity contribution in [1.29, 1.82) is 0 Å². The lowest BCUT2D eigenvalue weighted by molar-refractivity contribution is 0.478. The van der Waals surface area contributed by atoms with E-state index in [4.69, 9.17) is 11.6 Å². The van der Waals surface area contributed by atoms with Crippen molar-refractivity contribution in [2.24, 2.45) is 0 Å². The molecule has 0 saturated carbocycles. The number of benzene rings is 1. The van der Waals surface area contributed by atoms with Crippen LogP contribution in [0.25, 0.3) is 0 Å². The van der Waals surface area contributed by atoms with Crippen LogP contribution in [0.5, 0.6) is 0 Å². The van der Waals surface area contributed by atoms with Gasteiger partial charge in [-0.3, -0.25) is 0 Å². The molecule has 0 spiro atoms. The van der Waals surface area contributed by atoms with Crippen molar-refractivity contribution >= 4 is 22.9 Å². The summed E-state index contributed by atoms with van der Waals surface area (Å²) >= 11 is 7.92. The summed E-state index contributed by atoms with van der Waals surface area (Å²) in [5, 5.41) is 8.77. The lowest BCUT2D eigenvalue weighted by Crippen LogP contribution is -2.30. The van der Waals surface area contributed by atoms with Crippen molar-refractivity contribution in [3.63, 3.8) is 0 Å². The average molecular weight is 280 g/mol. The third kappa shape index (κ3) is 3.58. The Hall–Kier alpha value is -0.830. The molecule has 2 rings (SSSR count). The van der Waals surface area contributed by atoms with Gasteiger partial charge in [0.15, 0.2) is 0 Å². The molecule has 0 saturated heterocycles. The normalized spacial score (nSPS) is 14.4. The molecule has 1 heterocycles. The highest BCUT2D eigenvalue weighted by molar-refractivity contribution is 7.07. The van der Waals surface area contributed by atoms with Gasteiger partial charge in [-0.05, 0) is 54.3 Å². The van der Waals surface area contributed by atoms with E-state index in [1.165, 1.54) is 11.1 Å². The number of hydrogen-bond donors (Lipinski definition) is 1. The van der Waals surface area contributed by atoms with E-state index in [1.54, 1.807) is 11.3 Å². The SMILES string of the molecule is CC(Cc1ccccc1Cl)NC(C)c1ccsc1. The van der Waals surface area contributed by atoms with Crippen LogP contribution in [-0.2, 0) is 6.42 Å². The maximum absolute atomic E-state index is 6.18. The van der Waals surface area contributed by atoms with Gasteiger partial charge in [0.25, 0.3) is 0 Å². The van der Waals surface area contributed by atoms with E-state index in [1.807, 2.05) is 18.2 Å². The standard InChI is InChI=1S/C15H18ClNS/c1-11(9-13-5-3-4-6-15(13)16)17-12(2)14-7-8-18-10-14/h3-8,10-12,17H,9H2,1-2H3. The van der Waals surface area contributed by atoms with E-state index < -0.39 is 0 Å². The fourth-order valence-electron chi connectivity index (χ4n) is 2.10. The highest BCUT2D eigenvalue weighted by atomic mass is 35.5. The van der Waals surface area contributed by atoms with Crippen molar-refractivity contribution in [3.8, 4) is 0 Å². The highest BCUT2D eigenvalue weighted by Crippen LogP contribution is 2.19. The van der Waals surface area contributed by atoms with E-state index >= 15 is 0 Å². The molecule has 0 aliphatic rings. The molecule has 1 aromatic heterocycles. The summed E-state index contributed by atoms with van der Waals surface area (Å²) in [6, 6.07) is 11.0. The molecule has 0 fully saturated rings. The molecule has 2 unspecified atom stereocenters. The smallest absolute Gasteiger partial charge is 0.0438 e. The molecule has 0 radical (unpaired) electrons. The molecule has 18 heavy (non-hydrogen) atoms. The van der Waals surface area contributed by atoms with Crippen LogP contribution in [0.4, 0.5) is 0 Å². The number of thiophene rings is 1. The van der Waals surface area contributed by atoms with Crippen molar-refractivity contribution in [2.75, 3.05) is 0 Å². The molecule has 1 aromatic carbocycles. The number of nitrogens with one attached hydrogen (secondary N) is 1. The maximum atomic E-state index is 6.18. The number of halogens is 1. The van der Waals surface area contributed by atoms with E-state index in [2.05, 4.69) is 42.1 Å². The van der Waals surface area contributed by atoms with Gasteiger partial charge < -0.3 is 5.32 Å². The largest absolute Gasteiger partial charge is 0.307 e. The monoisotopic (exact) mass is 279 g/mol. The lowest BCUT2D eigenvalue weighted by atomic mass is 10.1. The van der Waals surface area contributed by atoms with Gasteiger partial charge in [-0.2, -0.15) is 11.3 Å². The van der Waals surface area contributed by atoms with Crippen LogP contribution in [0.3, 0.4) is 0 Å². The first-order valence-corrected chi connectivity index (χ1v) is 7.50. The fraction of sp³-hybridized carbons (Fsp3) is 0.333. The maximum Gasteiger partial charge on any atom is 0.0438 e. The summed E-state index contributed by atoms with van der Waals surface area (Å²) < 4.78 is 0. The van der Waals surface area contributed by atoms with Crippen LogP contribution in [0.2, 0.25) is 5.02 Å². The van der Waals surface area contributed by atoms with Gasteiger partial charge >= 0.3 is 0 Å². The van der Waals surface area contributed by atoms with Crippen LogP contribution in [0.15, 0.2) is 41.1 Å². The first-order chi connectivity index (χ1) is 8.66. The quantitative estimate of drug-likeness (QED) is 0.838. The molecule has 0 aliphatic heterocycles. The Morgan fingerprint density at radius 1 is 1.22 bits per heavy atom. The molecule has 2 atom stereocenters. The third-order valence-corrected chi connectivity index (χ3v) is 4.13. The Bertz CT molecular complexity index is 481. The zero-order valence-corrected chi connectivity index (χ0v) is 12.3. The van der Waals surface area contributed by atoms with Gasteiger partial charge in [0.1, 0.15) is 0 Å². The van der Waals surface area contributed by atoms with Gasteiger partial charge in [0.2, 0.25) is 0 Å². The molecule has 1 N–H and O–H groups in total. The van der Waals surface area contributed by atoms with E-state index in [0.29, 0.717) is 12.1 Å². The lowest BCUT2D eigenvalue weighted by Gasteiger charge is -2.20. The summed E-state index contributed by atoms with van der Waals surface area (Å²) in [4.78, 5) is 0. The number of hydrogen-bond acceptors (Lipinski definition) is 2. The van der Waals surface area contributed by atoms with E-state index in [9.17, 15) is 0 Å². The predicted molar refractivity (Wildman–Crippen MR) is 80.5 cm³/mol. The van der Waals surface area contributed by atoms with Crippen LogP contribution in [-0.4, -0.2) is 6.04 Å². The number of rotatable bonds is 5. The molecule has 0 aliphatic carbocycles. The van der Waals surface area contributed by atoms with Crippen LogP contribution < -0.4 is 5.32 Å². The van der Waals surface area contributed by atoms with E-state index in [0.717, 1.165) is 11.4 Å². The second-order valence-corrected chi connectivity index (χ2v) is 5.83. The average Bonchev–Trinajstić information content (AvgIpc) is 2.85. The summed E-state index contributed by atoms with van der Waals surface area (Å²) in [5.41, 5.74) is 2.56. The van der Waals surface area contributed by atoms with Gasteiger partial charge in [-0.1, -0.05) is 29.8 Å². The van der Waals surface area contributed by atoms with Crippen molar-refractivity contribution in [3.05, 3.63) is 57.2 Å². The van der Waals surface area contributed by atoms with E-state index in [-0.39, 0.29) is 0 Å². The van der Waals surface area contributed by atoms with Gasteiger partial charge in [-0.15, -0.1) is 0 Å². The Morgan fingerprint density at radius 2 is 2.00 bits per heavy atom. The van der Waals surface area contributed by atoms with Crippen molar-refractivity contribution in [1.82, 2.24) is 5.32 Å². The summed E-state index contributed by atoms with van der Waals surface area (Å²) in [7, 11) is 0. The van der Waals surface area contributed by atoms with Crippen LogP contribution >= 0.6 is 22.9 Å². The van der Waals surface area contributed by atoms with Crippen LogP contribution in [0, 0.1) is 0 Å². The topological polar surface area (TPSA) is 12.0 Å². The molecule has 3 heteroatoms. The fourth-order valence-corrected chi connectivity index (χ4v) is 3.06. The first kappa shape index (κ1) is 13.6.